The summed E-state index contributed by atoms with van der Waals surface area (Å²) in [7, 11) is 1.83. The summed E-state index contributed by atoms with van der Waals surface area (Å²) in [6.45, 7) is 7.99. The summed E-state index contributed by atoms with van der Waals surface area (Å²) in [5, 5.41) is 10.5. The number of nitrogens with zero attached hydrogens (tertiary/aromatic N) is 2. The van der Waals surface area contributed by atoms with Crippen LogP contribution in [0.5, 0.6) is 5.75 Å². The maximum absolute atomic E-state index is 5.75. The Bertz CT molecular complexity index is 726. The average molecular weight is 529 g/mol. The molecule has 1 fully saturated rings. The zero-order chi connectivity index (χ0) is 19.8. The summed E-state index contributed by atoms with van der Waals surface area (Å²) in [5.74, 6) is 2.33. The minimum Gasteiger partial charge on any atom is -0.493 e. The van der Waals surface area contributed by atoms with Gasteiger partial charge in [0.15, 0.2) is 5.96 Å². The summed E-state index contributed by atoms with van der Waals surface area (Å²) < 4.78 is 5.75. The van der Waals surface area contributed by atoms with Crippen LogP contribution in [0.25, 0.3) is 0 Å². The van der Waals surface area contributed by atoms with Gasteiger partial charge < -0.3 is 20.3 Å². The fraction of sp³-hybridized carbons (Fsp3) is 0.500. The van der Waals surface area contributed by atoms with Gasteiger partial charge in [-0.2, -0.15) is 0 Å². The Kier molecular flexibility index (Phi) is 10.1. The van der Waals surface area contributed by atoms with Gasteiger partial charge >= 0.3 is 0 Å². The van der Waals surface area contributed by atoms with Crippen molar-refractivity contribution in [3.05, 3.63) is 47.3 Å². The molecule has 3 rings (SSSR count). The molecule has 2 N–H and O–H groups in total. The highest BCUT2D eigenvalue weighted by molar-refractivity contribution is 14.0. The van der Waals surface area contributed by atoms with E-state index in [1.54, 1.807) is 0 Å². The van der Waals surface area contributed by atoms with Crippen molar-refractivity contribution in [3.8, 4) is 5.75 Å². The van der Waals surface area contributed by atoms with E-state index in [1.807, 2.05) is 30.5 Å². The number of hydrogen-bond acceptors (Lipinski definition) is 4. The van der Waals surface area contributed by atoms with Gasteiger partial charge in [0.25, 0.3) is 0 Å². The molecule has 1 aromatic carbocycles. The van der Waals surface area contributed by atoms with Crippen molar-refractivity contribution < 1.29 is 4.74 Å². The molecule has 0 atom stereocenters. The summed E-state index contributed by atoms with van der Waals surface area (Å²) in [6.07, 6.45) is 2.25. The van der Waals surface area contributed by atoms with Crippen LogP contribution in [0.1, 0.15) is 32.3 Å². The van der Waals surface area contributed by atoms with Gasteiger partial charge in [-0.3, -0.25) is 4.99 Å². The van der Waals surface area contributed by atoms with Crippen LogP contribution in [-0.4, -0.2) is 38.7 Å². The van der Waals surface area contributed by atoms with E-state index in [9.17, 15) is 0 Å². The molecule has 160 valence electrons. The molecule has 0 bridgehead atoms. The van der Waals surface area contributed by atoms with Gasteiger partial charge in [-0.05, 0) is 54.0 Å². The van der Waals surface area contributed by atoms with Crippen LogP contribution < -0.4 is 20.3 Å². The van der Waals surface area contributed by atoms with E-state index < -0.39 is 0 Å². The fourth-order valence-corrected chi connectivity index (χ4v) is 4.02. The van der Waals surface area contributed by atoms with Crippen LogP contribution in [-0.2, 0) is 6.54 Å². The molecule has 0 unspecified atom stereocenters. The molecule has 1 aromatic heterocycles. The molecular formula is C22H33IN4OS. The Morgan fingerprint density at radius 3 is 2.52 bits per heavy atom. The largest absolute Gasteiger partial charge is 0.493 e. The molecule has 0 saturated carbocycles. The van der Waals surface area contributed by atoms with E-state index in [2.05, 4.69) is 64.0 Å². The summed E-state index contributed by atoms with van der Waals surface area (Å²) in [5.41, 5.74) is 1.22. The van der Waals surface area contributed by atoms with Crippen LogP contribution in [0.2, 0.25) is 0 Å². The van der Waals surface area contributed by atoms with Crippen molar-refractivity contribution in [2.24, 2.45) is 10.9 Å². The van der Waals surface area contributed by atoms with Gasteiger partial charge in [0, 0.05) is 32.7 Å². The molecule has 0 spiro atoms. The van der Waals surface area contributed by atoms with Crippen LogP contribution in [0, 0.1) is 5.92 Å². The third-order valence-electron chi connectivity index (χ3n) is 4.84. The van der Waals surface area contributed by atoms with E-state index in [4.69, 9.17) is 4.74 Å². The molecule has 1 saturated heterocycles. The molecule has 0 aliphatic carbocycles. The lowest BCUT2D eigenvalue weighted by Gasteiger charge is -2.33. The quantitative estimate of drug-likeness (QED) is 0.310. The van der Waals surface area contributed by atoms with Gasteiger partial charge in [-0.25, -0.2) is 0 Å². The number of guanidine groups is 1. The first-order valence-electron chi connectivity index (χ1n) is 10.1. The zero-order valence-corrected chi connectivity index (χ0v) is 20.7. The SMILES string of the molecule is CN=C(NCc1ccc(OCC(C)C)cc1)NC1CCN(c2cccs2)CC1.I. The molecule has 29 heavy (non-hydrogen) atoms. The van der Waals surface area contributed by atoms with Crippen LogP contribution >= 0.6 is 35.3 Å². The lowest BCUT2D eigenvalue weighted by molar-refractivity contribution is 0.271. The number of hydrogen-bond donors (Lipinski definition) is 2. The Morgan fingerprint density at radius 2 is 1.93 bits per heavy atom. The second-order valence-corrected chi connectivity index (χ2v) is 8.56. The second kappa shape index (κ2) is 12.3. The highest BCUT2D eigenvalue weighted by atomic mass is 127. The predicted octanol–water partition coefficient (Wildman–Crippen LogP) is 4.73. The number of thiophene rings is 1. The first-order valence-corrected chi connectivity index (χ1v) is 11.0. The third-order valence-corrected chi connectivity index (χ3v) is 5.77. The molecule has 5 nitrogen and oxygen atoms in total. The molecule has 1 aliphatic rings. The molecule has 7 heteroatoms. The number of anilines is 1. The van der Waals surface area contributed by atoms with E-state index in [0.29, 0.717) is 12.0 Å². The Hall–Kier alpha value is -1.48. The Labute approximate surface area is 196 Å². The van der Waals surface area contributed by atoms with Crippen LogP contribution in [0.3, 0.4) is 0 Å². The van der Waals surface area contributed by atoms with Gasteiger partial charge in [-0.15, -0.1) is 35.3 Å². The van der Waals surface area contributed by atoms with Crippen LogP contribution in [0.15, 0.2) is 46.8 Å². The van der Waals surface area contributed by atoms with E-state index in [-0.39, 0.29) is 24.0 Å². The Morgan fingerprint density at radius 1 is 1.21 bits per heavy atom. The highest BCUT2D eigenvalue weighted by Gasteiger charge is 2.20. The van der Waals surface area contributed by atoms with Gasteiger partial charge in [0.1, 0.15) is 5.75 Å². The molecule has 0 radical (unpaired) electrons. The third kappa shape index (κ3) is 7.70. The maximum Gasteiger partial charge on any atom is 0.191 e. The van der Waals surface area contributed by atoms with Gasteiger partial charge in [-0.1, -0.05) is 26.0 Å². The van der Waals surface area contributed by atoms with Crippen molar-refractivity contribution in [1.82, 2.24) is 10.6 Å². The standard InChI is InChI=1S/C22H32N4OS.HI/c1-17(2)16-27-20-8-6-18(7-9-20)15-24-22(23-3)25-19-10-12-26(13-11-19)21-5-4-14-28-21;/h4-9,14,17,19H,10-13,15-16H2,1-3H3,(H2,23,24,25);1H. The molecule has 2 heterocycles. The Balaban J connectivity index is 0.00000300. The topological polar surface area (TPSA) is 48.9 Å². The first kappa shape index (κ1) is 23.8. The number of nitrogens with one attached hydrogen (secondary N) is 2. The van der Waals surface area contributed by atoms with E-state index in [1.165, 1.54) is 10.6 Å². The first-order chi connectivity index (χ1) is 13.6. The average Bonchev–Trinajstić information content (AvgIpc) is 3.25. The summed E-state index contributed by atoms with van der Waals surface area (Å²) >= 11 is 1.82. The second-order valence-electron chi connectivity index (χ2n) is 7.63. The fourth-order valence-electron chi connectivity index (χ4n) is 3.23. The number of ether oxygens (including phenoxy) is 1. The highest BCUT2D eigenvalue weighted by Crippen LogP contribution is 2.24. The number of benzene rings is 1. The van der Waals surface area contributed by atoms with E-state index >= 15 is 0 Å². The lowest BCUT2D eigenvalue weighted by Crippen LogP contribution is -2.48. The minimum absolute atomic E-state index is 0. The molecular weight excluding hydrogens is 495 g/mol. The van der Waals surface area contributed by atoms with Crippen molar-refractivity contribution in [1.29, 1.82) is 0 Å². The zero-order valence-electron chi connectivity index (χ0n) is 17.6. The van der Waals surface area contributed by atoms with E-state index in [0.717, 1.165) is 50.8 Å². The monoisotopic (exact) mass is 528 g/mol. The van der Waals surface area contributed by atoms with Crippen molar-refractivity contribution >= 4 is 46.3 Å². The van der Waals surface area contributed by atoms with Crippen molar-refractivity contribution in [2.75, 3.05) is 31.6 Å². The summed E-state index contributed by atoms with van der Waals surface area (Å²) in [6, 6.07) is 13.1. The van der Waals surface area contributed by atoms with Gasteiger partial charge in [0.05, 0.1) is 11.6 Å². The number of piperidine rings is 1. The van der Waals surface area contributed by atoms with Crippen molar-refractivity contribution in [2.45, 2.75) is 39.3 Å². The minimum atomic E-state index is 0. The predicted molar refractivity (Wildman–Crippen MR) is 135 cm³/mol. The molecule has 0 amide bonds. The van der Waals surface area contributed by atoms with Crippen molar-refractivity contribution in [3.63, 3.8) is 0 Å². The smallest absolute Gasteiger partial charge is 0.191 e. The lowest BCUT2D eigenvalue weighted by atomic mass is 10.1. The number of rotatable bonds is 7. The number of aliphatic imine (C=N–C) groups is 1. The molecule has 2 aromatic rings. The summed E-state index contributed by atoms with van der Waals surface area (Å²) in [4.78, 5) is 6.86. The number of halogens is 1. The van der Waals surface area contributed by atoms with Crippen LogP contribution in [0.4, 0.5) is 5.00 Å². The maximum atomic E-state index is 5.75. The van der Waals surface area contributed by atoms with Gasteiger partial charge in [0.2, 0.25) is 0 Å². The molecule has 1 aliphatic heterocycles. The normalized spacial score (nSPS) is 15.2.